The minimum Gasteiger partial charge on any atom is -0.497 e. The van der Waals surface area contributed by atoms with Crippen molar-refractivity contribution in [2.45, 2.75) is 42.7 Å². The van der Waals surface area contributed by atoms with Gasteiger partial charge in [0.15, 0.2) is 0 Å². The van der Waals surface area contributed by atoms with Crippen LogP contribution in [0.5, 0.6) is 11.6 Å². The first-order valence-corrected chi connectivity index (χ1v) is 9.64. The molecule has 7 nitrogen and oxygen atoms in total. The molecule has 0 unspecified atom stereocenters. The van der Waals surface area contributed by atoms with Crippen LogP contribution >= 0.6 is 0 Å². The Labute approximate surface area is 147 Å². The smallest absolute Gasteiger partial charge is 0.240 e. The number of ether oxygens (including phenoxy) is 2. The first-order chi connectivity index (χ1) is 12.1. The molecule has 3 rings (SSSR count). The van der Waals surface area contributed by atoms with Crippen LogP contribution in [0.25, 0.3) is 0 Å². The summed E-state index contributed by atoms with van der Waals surface area (Å²) in [6.07, 6.45) is 7.76. The third-order valence-corrected chi connectivity index (χ3v) is 5.69. The maximum atomic E-state index is 12.5. The number of benzene rings is 1. The van der Waals surface area contributed by atoms with Gasteiger partial charge in [0.05, 0.1) is 18.2 Å². The molecular weight excluding hydrogens is 342 g/mol. The summed E-state index contributed by atoms with van der Waals surface area (Å²) in [4.78, 5) is 8.28. The van der Waals surface area contributed by atoms with E-state index in [0.717, 1.165) is 12.8 Å². The van der Waals surface area contributed by atoms with E-state index in [1.165, 1.54) is 13.2 Å². The normalized spacial score (nSPS) is 20.8. The Balaban J connectivity index is 1.56. The van der Waals surface area contributed by atoms with Gasteiger partial charge in [0.2, 0.25) is 15.9 Å². The van der Waals surface area contributed by atoms with Crippen LogP contribution in [0.15, 0.2) is 47.8 Å². The maximum absolute atomic E-state index is 12.5. The molecule has 8 heteroatoms. The fraction of sp³-hybridized carbons (Fsp3) is 0.412. The number of methoxy groups -OCH3 is 1. The molecule has 1 N–H and O–H groups in total. The summed E-state index contributed by atoms with van der Waals surface area (Å²) in [6, 6.07) is 6.37. The molecule has 25 heavy (non-hydrogen) atoms. The molecule has 1 fully saturated rings. The zero-order valence-corrected chi connectivity index (χ0v) is 14.8. The van der Waals surface area contributed by atoms with E-state index in [9.17, 15) is 8.42 Å². The van der Waals surface area contributed by atoms with E-state index in [-0.39, 0.29) is 17.0 Å². The Hall–Kier alpha value is -2.19. The number of hydrogen-bond donors (Lipinski definition) is 1. The zero-order valence-electron chi connectivity index (χ0n) is 14.0. The average Bonchev–Trinajstić information content (AvgIpc) is 2.64. The topological polar surface area (TPSA) is 90.4 Å². The molecule has 0 saturated heterocycles. The third-order valence-electron chi connectivity index (χ3n) is 4.17. The van der Waals surface area contributed by atoms with Crippen LogP contribution in [0, 0.1) is 0 Å². The summed E-state index contributed by atoms with van der Waals surface area (Å²) in [6.45, 7) is 0. The van der Waals surface area contributed by atoms with Gasteiger partial charge in [0, 0.05) is 24.5 Å². The molecule has 1 aromatic carbocycles. The number of rotatable bonds is 6. The Bertz CT molecular complexity index is 791. The fourth-order valence-electron chi connectivity index (χ4n) is 2.87. The van der Waals surface area contributed by atoms with Crippen molar-refractivity contribution in [3.8, 4) is 11.6 Å². The maximum Gasteiger partial charge on any atom is 0.240 e. The number of nitrogens with zero attached hydrogens (tertiary/aromatic N) is 2. The van der Waals surface area contributed by atoms with Gasteiger partial charge in [-0.15, -0.1) is 0 Å². The van der Waals surface area contributed by atoms with Crippen LogP contribution in [-0.4, -0.2) is 37.6 Å². The average molecular weight is 363 g/mol. The van der Waals surface area contributed by atoms with Crippen molar-refractivity contribution >= 4 is 10.0 Å². The summed E-state index contributed by atoms with van der Waals surface area (Å²) in [5.74, 6) is 1.02. The van der Waals surface area contributed by atoms with Crippen molar-refractivity contribution in [3.63, 3.8) is 0 Å². The van der Waals surface area contributed by atoms with E-state index in [2.05, 4.69) is 14.7 Å². The highest BCUT2D eigenvalue weighted by atomic mass is 32.2. The largest absolute Gasteiger partial charge is 0.497 e. The summed E-state index contributed by atoms with van der Waals surface area (Å²) < 4.78 is 38.7. The molecule has 0 atom stereocenters. The van der Waals surface area contributed by atoms with Crippen molar-refractivity contribution in [1.29, 1.82) is 0 Å². The van der Waals surface area contributed by atoms with E-state index >= 15 is 0 Å². The molecule has 0 amide bonds. The van der Waals surface area contributed by atoms with Gasteiger partial charge in [0.25, 0.3) is 0 Å². The highest BCUT2D eigenvalue weighted by molar-refractivity contribution is 7.89. The van der Waals surface area contributed by atoms with Gasteiger partial charge < -0.3 is 9.47 Å². The van der Waals surface area contributed by atoms with Gasteiger partial charge in [-0.05, 0) is 37.8 Å². The molecule has 1 aliphatic rings. The van der Waals surface area contributed by atoms with Gasteiger partial charge in [-0.25, -0.2) is 18.1 Å². The van der Waals surface area contributed by atoms with Crippen molar-refractivity contribution in [1.82, 2.24) is 14.7 Å². The second-order valence-electron chi connectivity index (χ2n) is 5.94. The molecule has 0 bridgehead atoms. The molecule has 0 aliphatic heterocycles. The SMILES string of the molecule is COc1cccc(S(=O)(=O)NC2CCC(Oc3cnccn3)CC2)c1. The quantitative estimate of drug-likeness (QED) is 0.846. The minimum absolute atomic E-state index is 0.0364. The summed E-state index contributed by atoms with van der Waals surface area (Å²) >= 11 is 0. The van der Waals surface area contributed by atoms with E-state index in [0.29, 0.717) is 24.5 Å². The number of nitrogens with one attached hydrogen (secondary N) is 1. The van der Waals surface area contributed by atoms with Crippen LogP contribution in [0.2, 0.25) is 0 Å². The first kappa shape index (κ1) is 17.6. The summed E-state index contributed by atoms with van der Waals surface area (Å²) in [7, 11) is -2.05. The Morgan fingerprint density at radius 3 is 2.64 bits per heavy atom. The van der Waals surface area contributed by atoms with Gasteiger partial charge in [0.1, 0.15) is 11.9 Å². The second kappa shape index (κ2) is 7.79. The molecular formula is C17H21N3O4S. The lowest BCUT2D eigenvalue weighted by molar-refractivity contribution is 0.138. The van der Waals surface area contributed by atoms with E-state index in [1.807, 2.05) is 0 Å². The lowest BCUT2D eigenvalue weighted by Gasteiger charge is -2.28. The molecule has 2 aromatic rings. The summed E-state index contributed by atoms with van der Waals surface area (Å²) in [5, 5.41) is 0. The number of sulfonamides is 1. The molecule has 134 valence electrons. The number of aromatic nitrogens is 2. The Morgan fingerprint density at radius 1 is 1.16 bits per heavy atom. The zero-order chi connectivity index (χ0) is 17.7. The summed E-state index contributed by atoms with van der Waals surface area (Å²) in [5.41, 5.74) is 0. The predicted octanol–water partition coefficient (Wildman–Crippen LogP) is 2.15. The fourth-order valence-corrected chi connectivity index (χ4v) is 4.21. The van der Waals surface area contributed by atoms with Crippen molar-refractivity contribution in [2.75, 3.05) is 7.11 Å². The van der Waals surface area contributed by atoms with Crippen LogP contribution in [0.4, 0.5) is 0 Å². The van der Waals surface area contributed by atoms with Gasteiger partial charge >= 0.3 is 0 Å². The van der Waals surface area contributed by atoms with Crippen LogP contribution < -0.4 is 14.2 Å². The standard InChI is InChI=1S/C17H21N3O4S/c1-23-15-3-2-4-16(11-15)25(21,22)20-13-5-7-14(8-6-13)24-17-12-18-9-10-19-17/h2-4,9-14,20H,5-8H2,1H3. The van der Waals surface area contributed by atoms with Crippen LogP contribution in [0.3, 0.4) is 0 Å². The van der Waals surface area contributed by atoms with Crippen molar-refractivity contribution < 1.29 is 17.9 Å². The molecule has 0 radical (unpaired) electrons. The van der Waals surface area contributed by atoms with E-state index in [1.54, 1.807) is 36.8 Å². The van der Waals surface area contributed by atoms with Crippen LogP contribution in [0.1, 0.15) is 25.7 Å². The van der Waals surface area contributed by atoms with E-state index < -0.39 is 10.0 Å². The monoisotopic (exact) mass is 363 g/mol. The molecule has 1 saturated carbocycles. The minimum atomic E-state index is -3.56. The second-order valence-corrected chi connectivity index (χ2v) is 7.65. The lowest BCUT2D eigenvalue weighted by atomic mass is 9.94. The van der Waals surface area contributed by atoms with Gasteiger partial charge in [-0.1, -0.05) is 6.07 Å². The highest BCUT2D eigenvalue weighted by Gasteiger charge is 2.27. The van der Waals surface area contributed by atoms with Crippen molar-refractivity contribution in [2.24, 2.45) is 0 Å². The molecule has 1 heterocycles. The Morgan fingerprint density at radius 2 is 1.96 bits per heavy atom. The lowest BCUT2D eigenvalue weighted by Crippen LogP contribution is -2.39. The highest BCUT2D eigenvalue weighted by Crippen LogP contribution is 2.24. The Kier molecular flexibility index (Phi) is 5.50. The predicted molar refractivity (Wildman–Crippen MR) is 92.0 cm³/mol. The first-order valence-electron chi connectivity index (χ1n) is 8.16. The van der Waals surface area contributed by atoms with E-state index in [4.69, 9.17) is 9.47 Å². The number of hydrogen-bond acceptors (Lipinski definition) is 6. The third kappa shape index (κ3) is 4.67. The molecule has 1 aliphatic carbocycles. The van der Waals surface area contributed by atoms with Gasteiger partial charge in [-0.2, -0.15) is 0 Å². The van der Waals surface area contributed by atoms with Crippen molar-refractivity contribution in [3.05, 3.63) is 42.9 Å². The molecule has 1 aromatic heterocycles. The van der Waals surface area contributed by atoms with Gasteiger partial charge in [-0.3, -0.25) is 4.98 Å². The molecule has 0 spiro atoms. The van der Waals surface area contributed by atoms with Crippen LogP contribution in [-0.2, 0) is 10.0 Å².